The normalized spacial score (nSPS) is 12.9. The van der Waals surface area contributed by atoms with Crippen molar-refractivity contribution in [1.29, 1.82) is 0 Å². The van der Waals surface area contributed by atoms with Crippen molar-refractivity contribution in [3.05, 3.63) is 66.2 Å². The summed E-state index contributed by atoms with van der Waals surface area (Å²) < 4.78 is 6.07. The molecule has 0 bridgehead atoms. The number of nitrogens with zero attached hydrogens (tertiary/aromatic N) is 1. The number of hydrogen-bond acceptors (Lipinski definition) is 3. The molecule has 1 atom stereocenters. The van der Waals surface area contributed by atoms with Crippen molar-refractivity contribution in [2.24, 2.45) is 0 Å². The lowest BCUT2D eigenvalue weighted by Gasteiger charge is -2.36. The van der Waals surface area contributed by atoms with Crippen LogP contribution in [-0.4, -0.2) is 57.9 Å². The number of para-hydroxylation sites is 1. The highest BCUT2D eigenvalue weighted by atomic mass is 35.5. The SMILES string of the molecule is CN(C)CC(CCc1ccccc1)(C[NH+](C)C)OC(=O)Nc1ccccc1.[Cl-]. The molecule has 0 aliphatic rings. The van der Waals surface area contributed by atoms with Gasteiger partial charge in [0.15, 0.2) is 5.60 Å². The number of hydrogen-bond donors (Lipinski definition) is 2. The minimum absolute atomic E-state index is 0. The van der Waals surface area contributed by atoms with Crippen LogP contribution < -0.4 is 22.6 Å². The molecule has 5 nitrogen and oxygen atoms in total. The number of halogens is 1. The standard InChI is InChI=1S/C22H31N3O2.ClH/c1-24(2)17-22(18-25(3)4,16-15-19-11-7-5-8-12-19)27-21(26)23-20-13-9-6-10-14-20;/h5-14H,15-18H2,1-4H3,(H,23,26);1H. The molecule has 0 saturated carbocycles. The summed E-state index contributed by atoms with van der Waals surface area (Å²) >= 11 is 0. The van der Waals surface area contributed by atoms with E-state index in [0.29, 0.717) is 6.54 Å². The van der Waals surface area contributed by atoms with E-state index < -0.39 is 11.7 Å². The van der Waals surface area contributed by atoms with Crippen molar-refractivity contribution in [3.63, 3.8) is 0 Å². The number of anilines is 1. The topological polar surface area (TPSA) is 46.0 Å². The lowest BCUT2D eigenvalue weighted by molar-refractivity contribution is -0.865. The van der Waals surface area contributed by atoms with E-state index in [4.69, 9.17) is 4.74 Å². The van der Waals surface area contributed by atoms with Crippen molar-refractivity contribution in [3.8, 4) is 0 Å². The highest BCUT2D eigenvalue weighted by Gasteiger charge is 2.38. The van der Waals surface area contributed by atoms with E-state index in [-0.39, 0.29) is 12.4 Å². The Kier molecular flexibility index (Phi) is 10.0. The molecule has 0 saturated heterocycles. The zero-order valence-corrected chi connectivity index (χ0v) is 18.0. The Bertz CT molecular complexity index is 683. The number of benzene rings is 2. The summed E-state index contributed by atoms with van der Waals surface area (Å²) in [6, 6.07) is 19.8. The molecule has 28 heavy (non-hydrogen) atoms. The van der Waals surface area contributed by atoms with Gasteiger partial charge in [-0.25, -0.2) is 4.79 Å². The Morgan fingerprint density at radius 1 is 1.04 bits per heavy atom. The van der Waals surface area contributed by atoms with Gasteiger partial charge in [-0.2, -0.15) is 0 Å². The molecule has 0 aliphatic carbocycles. The monoisotopic (exact) mass is 405 g/mol. The first-order valence-electron chi connectivity index (χ1n) is 9.41. The number of nitrogens with one attached hydrogen (secondary N) is 2. The number of ether oxygens (including phenoxy) is 1. The van der Waals surface area contributed by atoms with E-state index in [9.17, 15) is 4.79 Å². The molecule has 2 aromatic rings. The molecule has 1 unspecified atom stereocenters. The van der Waals surface area contributed by atoms with Gasteiger partial charge in [-0.05, 0) is 44.6 Å². The molecule has 0 fully saturated rings. The minimum Gasteiger partial charge on any atom is -1.00 e. The third-order valence-electron chi connectivity index (χ3n) is 4.32. The van der Waals surface area contributed by atoms with Gasteiger partial charge in [0.1, 0.15) is 6.54 Å². The highest BCUT2D eigenvalue weighted by Crippen LogP contribution is 2.21. The van der Waals surface area contributed by atoms with Gasteiger partial charge < -0.3 is 26.9 Å². The zero-order chi connectivity index (χ0) is 19.7. The molecule has 2 aromatic carbocycles. The van der Waals surface area contributed by atoms with E-state index in [1.807, 2.05) is 62.6 Å². The molecule has 2 rings (SSSR count). The highest BCUT2D eigenvalue weighted by molar-refractivity contribution is 5.84. The quantitative estimate of drug-likeness (QED) is 0.581. The lowest BCUT2D eigenvalue weighted by Crippen LogP contribution is -3.08. The molecule has 0 aliphatic heterocycles. The van der Waals surface area contributed by atoms with E-state index in [1.54, 1.807) is 0 Å². The fraction of sp³-hybridized carbons (Fsp3) is 0.409. The van der Waals surface area contributed by atoms with E-state index in [2.05, 4.69) is 36.4 Å². The largest absolute Gasteiger partial charge is 1.00 e. The molecular weight excluding hydrogens is 374 g/mol. The molecule has 1 amide bonds. The maximum atomic E-state index is 12.6. The van der Waals surface area contributed by atoms with Crippen LogP contribution in [-0.2, 0) is 11.2 Å². The molecule has 0 radical (unpaired) electrons. The average Bonchev–Trinajstić information content (AvgIpc) is 2.60. The Balaban J connectivity index is 0.00000392. The van der Waals surface area contributed by atoms with Gasteiger partial charge >= 0.3 is 6.09 Å². The maximum Gasteiger partial charge on any atom is 0.412 e. The first-order chi connectivity index (χ1) is 12.9. The fourth-order valence-electron chi connectivity index (χ4n) is 3.44. The predicted molar refractivity (Wildman–Crippen MR) is 110 cm³/mol. The van der Waals surface area contributed by atoms with Crippen LogP contribution in [0.15, 0.2) is 60.7 Å². The molecule has 2 N–H and O–H groups in total. The number of quaternary nitrogens is 1. The van der Waals surface area contributed by atoms with E-state index >= 15 is 0 Å². The summed E-state index contributed by atoms with van der Waals surface area (Å²) in [4.78, 5) is 16.0. The number of carbonyl (C=O) groups excluding carboxylic acids is 1. The summed E-state index contributed by atoms with van der Waals surface area (Å²) in [5.41, 5.74) is 1.42. The van der Waals surface area contributed by atoms with Crippen LogP contribution >= 0.6 is 0 Å². The van der Waals surface area contributed by atoms with Crippen LogP contribution in [0.4, 0.5) is 10.5 Å². The number of aryl methyl sites for hydroxylation is 1. The maximum absolute atomic E-state index is 12.6. The first-order valence-corrected chi connectivity index (χ1v) is 9.41. The summed E-state index contributed by atoms with van der Waals surface area (Å²) in [5, 5.41) is 2.85. The third-order valence-corrected chi connectivity index (χ3v) is 4.32. The van der Waals surface area contributed by atoms with Crippen LogP contribution in [0.5, 0.6) is 0 Å². The number of rotatable bonds is 9. The smallest absolute Gasteiger partial charge is 0.412 e. The number of likely N-dealkylation sites (N-methyl/N-ethyl adjacent to an activating group) is 2. The molecule has 0 aromatic heterocycles. The van der Waals surface area contributed by atoms with Crippen molar-refractivity contribution in [1.82, 2.24) is 4.90 Å². The zero-order valence-electron chi connectivity index (χ0n) is 17.2. The number of carbonyl (C=O) groups is 1. The second-order valence-electron chi connectivity index (χ2n) is 7.67. The van der Waals surface area contributed by atoms with Gasteiger partial charge in [-0.1, -0.05) is 48.5 Å². The van der Waals surface area contributed by atoms with Crippen LogP contribution in [0, 0.1) is 0 Å². The lowest BCUT2D eigenvalue weighted by atomic mass is 9.93. The summed E-state index contributed by atoms with van der Waals surface area (Å²) in [6.45, 7) is 1.41. The first kappa shape index (κ1) is 24.0. The van der Waals surface area contributed by atoms with Crippen molar-refractivity contribution in [2.45, 2.75) is 18.4 Å². The molecule has 0 heterocycles. The predicted octanol–water partition coefficient (Wildman–Crippen LogP) is -0.683. The molecule has 154 valence electrons. The van der Waals surface area contributed by atoms with Gasteiger partial charge in [-0.3, -0.25) is 5.32 Å². The minimum atomic E-state index is -0.572. The van der Waals surface area contributed by atoms with Crippen LogP contribution in [0.1, 0.15) is 12.0 Å². The second-order valence-corrected chi connectivity index (χ2v) is 7.67. The van der Waals surface area contributed by atoms with Gasteiger partial charge in [0.25, 0.3) is 0 Å². The molecule has 0 spiro atoms. The van der Waals surface area contributed by atoms with Crippen molar-refractivity contribution >= 4 is 11.8 Å². The van der Waals surface area contributed by atoms with Gasteiger partial charge in [0.05, 0.1) is 14.1 Å². The summed E-state index contributed by atoms with van der Waals surface area (Å²) in [7, 11) is 8.21. The summed E-state index contributed by atoms with van der Waals surface area (Å²) in [6.07, 6.45) is 1.22. The Labute approximate surface area is 175 Å². The Morgan fingerprint density at radius 2 is 1.61 bits per heavy atom. The second kappa shape index (κ2) is 11.7. The third kappa shape index (κ3) is 8.30. The fourth-order valence-corrected chi connectivity index (χ4v) is 3.44. The molecule has 6 heteroatoms. The van der Waals surface area contributed by atoms with E-state index in [0.717, 1.165) is 25.1 Å². The number of amides is 1. The van der Waals surface area contributed by atoms with Crippen molar-refractivity contribution < 1.29 is 26.8 Å². The molecular formula is C22H32ClN3O2. The van der Waals surface area contributed by atoms with Crippen LogP contribution in [0.3, 0.4) is 0 Å². The van der Waals surface area contributed by atoms with Gasteiger partial charge in [0.2, 0.25) is 0 Å². The van der Waals surface area contributed by atoms with Gasteiger partial charge in [-0.15, -0.1) is 0 Å². The van der Waals surface area contributed by atoms with E-state index in [1.165, 1.54) is 10.5 Å². The van der Waals surface area contributed by atoms with Crippen LogP contribution in [0.25, 0.3) is 0 Å². The van der Waals surface area contributed by atoms with Crippen molar-refractivity contribution in [2.75, 3.05) is 46.6 Å². The van der Waals surface area contributed by atoms with Crippen LogP contribution in [0.2, 0.25) is 0 Å². The van der Waals surface area contributed by atoms with Gasteiger partial charge in [0, 0.05) is 12.2 Å². The Hall–Kier alpha value is -2.08. The Morgan fingerprint density at radius 3 is 2.14 bits per heavy atom. The summed E-state index contributed by atoms with van der Waals surface area (Å²) in [5.74, 6) is 0. The average molecular weight is 406 g/mol.